The average molecular weight is 259 g/mol. The quantitative estimate of drug-likeness (QED) is 0.893. The van der Waals surface area contributed by atoms with E-state index in [0.717, 1.165) is 24.7 Å². The Bertz CT molecular complexity index is 411. The molecule has 1 saturated carbocycles. The fourth-order valence-corrected chi connectivity index (χ4v) is 4.00. The summed E-state index contributed by atoms with van der Waals surface area (Å²) in [5.41, 5.74) is 1.42. The highest BCUT2D eigenvalue weighted by Gasteiger charge is 2.33. The van der Waals surface area contributed by atoms with Crippen molar-refractivity contribution in [3.8, 4) is 5.75 Å². The van der Waals surface area contributed by atoms with Crippen molar-refractivity contribution in [2.75, 3.05) is 13.7 Å². The third-order valence-electron chi connectivity index (χ3n) is 4.93. The number of para-hydroxylation sites is 1. The highest BCUT2D eigenvalue weighted by molar-refractivity contribution is 5.38. The monoisotopic (exact) mass is 259 g/mol. The van der Waals surface area contributed by atoms with Crippen LogP contribution < -0.4 is 10.1 Å². The van der Waals surface area contributed by atoms with Crippen LogP contribution in [-0.4, -0.2) is 19.7 Å². The first-order chi connectivity index (χ1) is 9.40. The Morgan fingerprint density at radius 2 is 1.89 bits per heavy atom. The van der Waals surface area contributed by atoms with Crippen molar-refractivity contribution in [1.82, 2.24) is 5.32 Å². The molecule has 3 rings (SSSR count). The lowest BCUT2D eigenvalue weighted by Crippen LogP contribution is -2.41. The predicted molar refractivity (Wildman–Crippen MR) is 78.7 cm³/mol. The van der Waals surface area contributed by atoms with E-state index < -0.39 is 0 Å². The Morgan fingerprint density at radius 3 is 2.68 bits per heavy atom. The van der Waals surface area contributed by atoms with Crippen LogP contribution in [0.25, 0.3) is 0 Å². The topological polar surface area (TPSA) is 21.3 Å². The third-order valence-corrected chi connectivity index (χ3v) is 4.93. The van der Waals surface area contributed by atoms with Crippen molar-refractivity contribution in [1.29, 1.82) is 0 Å². The summed E-state index contributed by atoms with van der Waals surface area (Å²) in [4.78, 5) is 0. The van der Waals surface area contributed by atoms with Crippen LogP contribution in [0.3, 0.4) is 0 Å². The molecule has 0 spiro atoms. The van der Waals surface area contributed by atoms with Crippen molar-refractivity contribution in [2.45, 2.75) is 50.5 Å². The van der Waals surface area contributed by atoms with Crippen molar-refractivity contribution < 1.29 is 4.74 Å². The van der Waals surface area contributed by atoms with Crippen LogP contribution in [0.1, 0.15) is 50.0 Å². The molecule has 1 aliphatic carbocycles. The second-order valence-corrected chi connectivity index (χ2v) is 5.99. The summed E-state index contributed by atoms with van der Waals surface area (Å²) in [5, 5.41) is 3.63. The van der Waals surface area contributed by atoms with Gasteiger partial charge >= 0.3 is 0 Å². The molecular formula is C17H25NO. The maximum absolute atomic E-state index is 5.81. The molecule has 19 heavy (non-hydrogen) atoms. The molecule has 0 aromatic heterocycles. The molecule has 1 aromatic carbocycles. The zero-order valence-corrected chi connectivity index (χ0v) is 11.9. The number of ether oxygens (including phenoxy) is 1. The molecule has 1 fully saturated rings. The molecule has 1 heterocycles. The molecular weight excluding hydrogens is 234 g/mol. The predicted octanol–water partition coefficient (Wildman–Crippen LogP) is 3.72. The highest BCUT2D eigenvalue weighted by atomic mass is 16.5. The van der Waals surface area contributed by atoms with Gasteiger partial charge in [0.05, 0.1) is 6.61 Å². The summed E-state index contributed by atoms with van der Waals surface area (Å²) >= 11 is 0. The van der Waals surface area contributed by atoms with Gasteiger partial charge in [-0.05, 0) is 43.9 Å². The lowest BCUT2D eigenvalue weighted by molar-refractivity contribution is 0.198. The standard InChI is InChI=1S/C17H25NO/c1-18-17(13-7-3-2-4-8-13)15-11-12-19-16-10-6-5-9-14(15)16/h5-6,9-10,13,15,17-18H,2-4,7-8,11-12H2,1H3. The zero-order chi connectivity index (χ0) is 13.1. The van der Waals surface area contributed by atoms with Gasteiger partial charge in [0.15, 0.2) is 0 Å². The molecule has 0 radical (unpaired) electrons. The molecule has 1 aromatic rings. The summed E-state index contributed by atoms with van der Waals surface area (Å²) in [6.45, 7) is 0.868. The Labute approximate surface area is 116 Å². The van der Waals surface area contributed by atoms with Crippen molar-refractivity contribution in [2.24, 2.45) is 5.92 Å². The normalized spacial score (nSPS) is 25.4. The first-order valence-corrected chi connectivity index (χ1v) is 7.79. The number of hydrogen-bond donors (Lipinski definition) is 1. The van der Waals surface area contributed by atoms with Gasteiger partial charge < -0.3 is 10.1 Å². The second kappa shape index (κ2) is 5.96. The van der Waals surface area contributed by atoms with Gasteiger partial charge in [0.25, 0.3) is 0 Å². The van der Waals surface area contributed by atoms with Gasteiger partial charge in [-0.3, -0.25) is 0 Å². The first kappa shape index (κ1) is 13.0. The van der Waals surface area contributed by atoms with Crippen molar-refractivity contribution in [3.63, 3.8) is 0 Å². The summed E-state index contributed by atoms with van der Waals surface area (Å²) < 4.78 is 5.81. The molecule has 0 amide bonds. The van der Waals surface area contributed by atoms with Crippen LogP contribution in [-0.2, 0) is 0 Å². The summed E-state index contributed by atoms with van der Waals surface area (Å²) in [6.07, 6.45) is 8.19. The maximum Gasteiger partial charge on any atom is 0.122 e. The van der Waals surface area contributed by atoms with E-state index in [9.17, 15) is 0 Å². The van der Waals surface area contributed by atoms with E-state index >= 15 is 0 Å². The molecule has 0 bridgehead atoms. The van der Waals surface area contributed by atoms with Gasteiger partial charge in [-0.2, -0.15) is 0 Å². The number of rotatable bonds is 3. The summed E-state index contributed by atoms with van der Waals surface area (Å²) in [6, 6.07) is 9.22. The van der Waals surface area contributed by atoms with Gasteiger partial charge in [0, 0.05) is 12.0 Å². The molecule has 104 valence electrons. The minimum absolute atomic E-state index is 0.616. The van der Waals surface area contributed by atoms with Crippen LogP contribution in [0.15, 0.2) is 24.3 Å². The molecule has 2 unspecified atom stereocenters. The van der Waals surface area contributed by atoms with Gasteiger partial charge in [-0.1, -0.05) is 37.5 Å². The Balaban J connectivity index is 1.83. The highest BCUT2D eigenvalue weighted by Crippen LogP contribution is 2.40. The molecule has 2 nitrogen and oxygen atoms in total. The number of benzene rings is 1. The van der Waals surface area contributed by atoms with Gasteiger partial charge in [0.2, 0.25) is 0 Å². The van der Waals surface area contributed by atoms with Gasteiger partial charge in [0.1, 0.15) is 5.75 Å². The minimum atomic E-state index is 0.616. The van der Waals surface area contributed by atoms with E-state index in [0.29, 0.717) is 12.0 Å². The van der Waals surface area contributed by atoms with Crippen LogP contribution in [0.2, 0.25) is 0 Å². The zero-order valence-electron chi connectivity index (χ0n) is 11.9. The molecule has 2 heteroatoms. The van der Waals surface area contributed by atoms with Gasteiger partial charge in [-0.25, -0.2) is 0 Å². The number of hydrogen-bond acceptors (Lipinski definition) is 2. The molecule has 0 saturated heterocycles. The first-order valence-electron chi connectivity index (χ1n) is 7.79. The Morgan fingerprint density at radius 1 is 1.11 bits per heavy atom. The minimum Gasteiger partial charge on any atom is -0.493 e. The lowest BCUT2D eigenvalue weighted by Gasteiger charge is -2.38. The Kier molecular flexibility index (Phi) is 4.07. The van der Waals surface area contributed by atoms with E-state index in [4.69, 9.17) is 4.74 Å². The number of nitrogens with one attached hydrogen (secondary N) is 1. The van der Waals surface area contributed by atoms with Crippen LogP contribution in [0, 0.1) is 5.92 Å². The Hall–Kier alpha value is -1.02. The molecule has 1 aliphatic heterocycles. The van der Waals surface area contributed by atoms with Crippen LogP contribution in [0.4, 0.5) is 0 Å². The maximum atomic E-state index is 5.81. The fourth-order valence-electron chi connectivity index (χ4n) is 4.00. The van der Waals surface area contributed by atoms with Gasteiger partial charge in [-0.15, -0.1) is 0 Å². The average Bonchev–Trinajstić information content (AvgIpc) is 2.49. The van der Waals surface area contributed by atoms with E-state index in [1.807, 2.05) is 0 Å². The van der Waals surface area contributed by atoms with Crippen molar-refractivity contribution in [3.05, 3.63) is 29.8 Å². The molecule has 1 N–H and O–H groups in total. The number of likely N-dealkylation sites (N-methyl/N-ethyl adjacent to an activating group) is 1. The third kappa shape index (κ3) is 2.64. The smallest absolute Gasteiger partial charge is 0.122 e. The van der Waals surface area contributed by atoms with Crippen LogP contribution >= 0.6 is 0 Å². The SMILES string of the molecule is CNC(C1CCCCC1)C1CCOc2ccccc21. The fraction of sp³-hybridized carbons (Fsp3) is 0.647. The molecule has 2 aliphatic rings. The van der Waals surface area contributed by atoms with E-state index in [1.165, 1.54) is 37.7 Å². The lowest BCUT2D eigenvalue weighted by atomic mass is 9.75. The summed E-state index contributed by atoms with van der Waals surface area (Å²) in [5.74, 6) is 2.57. The van der Waals surface area contributed by atoms with Crippen molar-refractivity contribution >= 4 is 0 Å². The summed E-state index contributed by atoms with van der Waals surface area (Å²) in [7, 11) is 2.14. The van der Waals surface area contributed by atoms with Crippen LogP contribution in [0.5, 0.6) is 5.75 Å². The van der Waals surface area contributed by atoms with E-state index in [-0.39, 0.29) is 0 Å². The number of fused-ring (bicyclic) bond motifs is 1. The second-order valence-electron chi connectivity index (χ2n) is 5.99. The molecule has 2 atom stereocenters. The van der Waals surface area contributed by atoms with E-state index in [2.05, 4.69) is 36.6 Å². The van der Waals surface area contributed by atoms with E-state index in [1.54, 1.807) is 0 Å². The largest absolute Gasteiger partial charge is 0.493 e.